The summed E-state index contributed by atoms with van der Waals surface area (Å²) in [7, 11) is 0. The summed E-state index contributed by atoms with van der Waals surface area (Å²) in [6.45, 7) is 5.99. The van der Waals surface area contributed by atoms with Crippen molar-refractivity contribution in [1.82, 2.24) is 0 Å². The number of hydrogen-bond donors (Lipinski definition) is 0. The van der Waals surface area contributed by atoms with Crippen molar-refractivity contribution in [3.8, 4) is 0 Å². The molecule has 8 rings (SSSR count). The van der Waals surface area contributed by atoms with E-state index in [1.807, 2.05) is 12.2 Å². The van der Waals surface area contributed by atoms with Crippen LogP contribution in [0.3, 0.4) is 0 Å². The Balaban J connectivity index is 1.18. The number of anilines is 3. The molecule has 0 aliphatic carbocycles. The molecule has 8 aromatic carbocycles. The van der Waals surface area contributed by atoms with Gasteiger partial charge in [-0.3, -0.25) is 0 Å². The lowest BCUT2D eigenvalue weighted by atomic mass is 9.95. The highest BCUT2D eigenvalue weighted by Gasteiger charge is 2.14. The van der Waals surface area contributed by atoms with E-state index in [-0.39, 0.29) is 0 Å². The van der Waals surface area contributed by atoms with Gasteiger partial charge in [-0.1, -0.05) is 219 Å². The maximum absolute atomic E-state index is 3.83. The standard InChI is InChI=1S/C61H49N/c1-3-4-10-21-47(2)59(51-22-11-5-12-23-51)44-48-32-38-56(39-33-48)62(57-40-34-49(35-41-57)45-60(52-24-13-6-14-25-52)53-26-15-7-16-27-53)58-42-36-50(37-43-58)46-61(54-28-17-8-18-29-54)55-30-19-9-20-31-55/h3-46H,1H2,2H3/b10-4-,47-21+,59-44+. The second-order valence-electron chi connectivity index (χ2n) is 15.1. The third-order valence-electron chi connectivity index (χ3n) is 10.8. The molecule has 298 valence electrons. The van der Waals surface area contributed by atoms with Crippen molar-refractivity contribution in [3.05, 3.63) is 305 Å². The van der Waals surface area contributed by atoms with Crippen molar-refractivity contribution in [2.45, 2.75) is 6.92 Å². The quantitative estimate of drug-likeness (QED) is 0.0783. The first-order valence-corrected chi connectivity index (χ1v) is 21.1. The Morgan fingerprint density at radius 3 is 0.984 bits per heavy atom. The minimum atomic E-state index is 1.07. The number of nitrogens with zero attached hydrogens (tertiary/aromatic N) is 1. The maximum Gasteiger partial charge on any atom is 0.0462 e. The molecular weight excluding hydrogens is 747 g/mol. The van der Waals surface area contributed by atoms with E-state index in [2.05, 4.69) is 267 Å². The van der Waals surface area contributed by atoms with E-state index in [0.29, 0.717) is 0 Å². The van der Waals surface area contributed by atoms with E-state index in [4.69, 9.17) is 0 Å². The fourth-order valence-electron chi connectivity index (χ4n) is 7.65. The Bertz CT molecular complexity index is 2610. The van der Waals surface area contributed by atoms with Gasteiger partial charge >= 0.3 is 0 Å². The zero-order valence-electron chi connectivity index (χ0n) is 35.1. The highest BCUT2D eigenvalue weighted by atomic mass is 15.1. The molecule has 1 nitrogen and oxygen atoms in total. The lowest BCUT2D eigenvalue weighted by Gasteiger charge is -2.26. The fraction of sp³-hybridized carbons (Fsp3) is 0.0164. The lowest BCUT2D eigenvalue weighted by Crippen LogP contribution is -2.09. The van der Waals surface area contributed by atoms with Crippen molar-refractivity contribution in [3.63, 3.8) is 0 Å². The molecule has 0 fully saturated rings. The average Bonchev–Trinajstić information content (AvgIpc) is 3.34. The Labute approximate surface area is 367 Å². The van der Waals surface area contributed by atoms with Gasteiger partial charge in [0.05, 0.1) is 0 Å². The van der Waals surface area contributed by atoms with Gasteiger partial charge in [-0.25, -0.2) is 0 Å². The van der Waals surface area contributed by atoms with Gasteiger partial charge in [0, 0.05) is 17.1 Å². The Kier molecular flexibility index (Phi) is 13.4. The predicted octanol–water partition coefficient (Wildman–Crippen LogP) is 16.6. The summed E-state index contributed by atoms with van der Waals surface area (Å²) in [4.78, 5) is 2.34. The molecular formula is C61H49N. The molecule has 0 atom stereocenters. The van der Waals surface area contributed by atoms with Crippen LogP contribution in [-0.4, -0.2) is 0 Å². The van der Waals surface area contributed by atoms with E-state index >= 15 is 0 Å². The molecule has 0 aromatic heterocycles. The van der Waals surface area contributed by atoms with Crippen LogP contribution in [0.2, 0.25) is 0 Å². The first-order valence-electron chi connectivity index (χ1n) is 21.1. The molecule has 0 heterocycles. The Morgan fingerprint density at radius 1 is 0.355 bits per heavy atom. The van der Waals surface area contributed by atoms with Gasteiger partial charge in [0.15, 0.2) is 0 Å². The zero-order chi connectivity index (χ0) is 42.4. The van der Waals surface area contributed by atoms with Crippen molar-refractivity contribution in [2.24, 2.45) is 0 Å². The maximum atomic E-state index is 3.83. The first-order chi connectivity index (χ1) is 30.6. The molecule has 0 bridgehead atoms. The normalized spacial score (nSPS) is 11.5. The molecule has 1 heteroatoms. The summed E-state index contributed by atoms with van der Waals surface area (Å²) in [5, 5.41) is 0. The van der Waals surface area contributed by atoms with Crippen LogP contribution in [0.15, 0.2) is 261 Å². The van der Waals surface area contributed by atoms with Gasteiger partial charge in [-0.2, -0.15) is 0 Å². The first kappa shape index (κ1) is 40.8. The van der Waals surface area contributed by atoms with E-state index in [1.165, 1.54) is 50.1 Å². The smallest absolute Gasteiger partial charge is 0.0462 e. The summed E-state index contributed by atoms with van der Waals surface area (Å²) in [6.07, 6.45) is 14.8. The number of hydrogen-bond acceptors (Lipinski definition) is 1. The van der Waals surface area contributed by atoms with E-state index in [9.17, 15) is 0 Å². The molecule has 8 aromatic rings. The van der Waals surface area contributed by atoms with Gasteiger partial charge < -0.3 is 4.90 Å². The van der Waals surface area contributed by atoms with Gasteiger partial charge in [0.2, 0.25) is 0 Å². The average molecular weight is 796 g/mol. The summed E-state index contributed by atoms with van der Waals surface area (Å²) < 4.78 is 0. The molecule has 0 saturated carbocycles. The summed E-state index contributed by atoms with van der Waals surface area (Å²) in [5.74, 6) is 0. The minimum Gasteiger partial charge on any atom is -0.311 e. The van der Waals surface area contributed by atoms with Crippen molar-refractivity contribution >= 4 is 52.0 Å². The van der Waals surface area contributed by atoms with E-state index in [0.717, 1.165) is 33.8 Å². The molecule has 0 amide bonds. The number of rotatable bonds is 14. The fourth-order valence-corrected chi connectivity index (χ4v) is 7.65. The molecule has 0 unspecified atom stereocenters. The largest absolute Gasteiger partial charge is 0.311 e. The summed E-state index contributed by atoms with van der Waals surface area (Å²) in [6, 6.07) is 79.7. The van der Waals surface area contributed by atoms with Gasteiger partial charge in [-0.05, 0) is 128 Å². The highest BCUT2D eigenvalue weighted by molar-refractivity contribution is 5.94. The second-order valence-corrected chi connectivity index (χ2v) is 15.1. The predicted molar refractivity (Wildman–Crippen MR) is 268 cm³/mol. The Hall–Kier alpha value is -8.00. The Morgan fingerprint density at radius 2 is 0.661 bits per heavy atom. The number of benzene rings is 8. The number of allylic oxidation sites excluding steroid dienone is 6. The van der Waals surface area contributed by atoms with Crippen LogP contribution in [0.25, 0.3) is 34.9 Å². The van der Waals surface area contributed by atoms with E-state index < -0.39 is 0 Å². The highest BCUT2D eigenvalue weighted by Crippen LogP contribution is 2.37. The second kappa shape index (κ2) is 20.3. The molecule has 0 saturated heterocycles. The zero-order valence-corrected chi connectivity index (χ0v) is 35.1. The van der Waals surface area contributed by atoms with Crippen LogP contribution in [-0.2, 0) is 0 Å². The summed E-state index contributed by atoms with van der Waals surface area (Å²) in [5.41, 5.74) is 17.2. The van der Waals surface area contributed by atoms with Crippen molar-refractivity contribution < 1.29 is 0 Å². The molecule has 0 aliphatic rings. The SMILES string of the molecule is C=C\C=C/C=C(C)/C(=C\c1ccc(N(c2ccc(C=C(c3ccccc3)c3ccccc3)cc2)c2ccc(C=C(c3ccccc3)c3ccccc3)cc2)cc1)c1ccccc1. The van der Waals surface area contributed by atoms with Crippen LogP contribution >= 0.6 is 0 Å². The van der Waals surface area contributed by atoms with Gasteiger partial charge in [0.1, 0.15) is 0 Å². The van der Waals surface area contributed by atoms with Crippen LogP contribution < -0.4 is 4.90 Å². The molecule has 0 spiro atoms. The lowest BCUT2D eigenvalue weighted by molar-refractivity contribution is 1.28. The van der Waals surface area contributed by atoms with Crippen molar-refractivity contribution in [2.75, 3.05) is 4.90 Å². The van der Waals surface area contributed by atoms with Crippen molar-refractivity contribution in [1.29, 1.82) is 0 Å². The molecule has 62 heavy (non-hydrogen) atoms. The van der Waals surface area contributed by atoms with Crippen LogP contribution in [0, 0.1) is 0 Å². The topological polar surface area (TPSA) is 3.24 Å². The van der Waals surface area contributed by atoms with Gasteiger partial charge in [-0.15, -0.1) is 0 Å². The van der Waals surface area contributed by atoms with Crippen LogP contribution in [0.5, 0.6) is 0 Å². The monoisotopic (exact) mass is 795 g/mol. The summed E-state index contributed by atoms with van der Waals surface area (Å²) >= 11 is 0. The van der Waals surface area contributed by atoms with Crippen LogP contribution in [0.1, 0.15) is 51.4 Å². The third-order valence-corrected chi connectivity index (χ3v) is 10.8. The van der Waals surface area contributed by atoms with E-state index in [1.54, 1.807) is 6.08 Å². The molecule has 0 N–H and O–H groups in total. The van der Waals surface area contributed by atoms with Gasteiger partial charge in [0.25, 0.3) is 0 Å². The molecule has 0 radical (unpaired) electrons. The minimum absolute atomic E-state index is 1.07. The molecule has 0 aliphatic heterocycles. The van der Waals surface area contributed by atoms with Crippen LogP contribution in [0.4, 0.5) is 17.1 Å². The third kappa shape index (κ3) is 10.2.